The molecule has 0 aromatic heterocycles. The minimum absolute atomic E-state index is 0.312. The fraction of sp³-hybridized carbons (Fsp3) is 0.846. The summed E-state index contributed by atoms with van der Waals surface area (Å²) < 4.78 is 11.4. The first-order valence-electron chi connectivity index (χ1n) is 6.14. The average Bonchev–Trinajstić information content (AvgIpc) is 2.14. The quantitative estimate of drug-likeness (QED) is 0.365. The first-order valence-corrected chi connectivity index (χ1v) is 9.04. The lowest BCUT2D eigenvalue weighted by Gasteiger charge is -2.36. The van der Waals surface area contributed by atoms with Crippen molar-refractivity contribution in [2.45, 2.75) is 51.7 Å². The van der Waals surface area contributed by atoms with E-state index < -0.39 is 8.32 Å². The molecule has 0 N–H and O–H groups in total. The summed E-state index contributed by atoms with van der Waals surface area (Å²) in [6.07, 6.45) is 3.94. The molecular formula is C13H28O2Si. The minimum Gasteiger partial charge on any atom is -0.417 e. The highest BCUT2D eigenvalue weighted by molar-refractivity contribution is 6.74. The van der Waals surface area contributed by atoms with Crippen LogP contribution in [0.3, 0.4) is 0 Å². The van der Waals surface area contributed by atoms with Crippen LogP contribution in [0.15, 0.2) is 12.7 Å². The first kappa shape index (κ1) is 15.9. The van der Waals surface area contributed by atoms with Crippen molar-refractivity contribution >= 4 is 8.32 Å². The van der Waals surface area contributed by atoms with Crippen LogP contribution in [-0.2, 0) is 9.16 Å². The predicted octanol–water partition coefficient (Wildman–Crippen LogP) is 3.99. The molecule has 0 heterocycles. The molecule has 0 atom stereocenters. The second-order valence-corrected chi connectivity index (χ2v) is 10.5. The zero-order valence-corrected chi connectivity index (χ0v) is 12.6. The van der Waals surface area contributed by atoms with Crippen molar-refractivity contribution in [1.82, 2.24) is 0 Å². The SMILES string of the molecule is C=CCOCCCCO[Si](C)(C)C(C)(C)C. The maximum absolute atomic E-state index is 6.06. The van der Waals surface area contributed by atoms with Crippen LogP contribution in [0.1, 0.15) is 33.6 Å². The molecule has 0 unspecified atom stereocenters. The summed E-state index contributed by atoms with van der Waals surface area (Å²) in [5.74, 6) is 0. The molecule has 0 aromatic carbocycles. The van der Waals surface area contributed by atoms with Crippen molar-refractivity contribution in [3.63, 3.8) is 0 Å². The van der Waals surface area contributed by atoms with E-state index in [1.54, 1.807) is 6.08 Å². The molecule has 16 heavy (non-hydrogen) atoms. The molecule has 96 valence electrons. The summed E-state index contributed by atoms with van der Waals surface area (Å²) in [5, 5.41) is 0.312. The Bertz CT molecular complexity index is 195. The highest BCUT2D eigenvalue weighted by Crippen LogP contribution is 2.36. The molecule has 0 rings (SSSR count). The summed E-state index contributed by atoms with van der Waals surface area (Å²) in [6, 6.07) is 0. The van der Waals surface area contributed by atoms with Crippen LogP contribution < -0.4 is 0 Å². The lowest BCUT2D eigenvalue weighted by atomic mass is 10.2. The van der Waals surface area contributed by atoms with Gasteiger partial charge in [-0.3, -0.25) is 0 Å². The van der Waals surface area contributed by atoms with E-state index in [1.807, 2.05) is 0 Å². The molecule has 0 aliphatic carbocycles. The number of unbranched alkanes of at least 4 members (excludes halogenated alkanes) is 1. The van der Waals surface area contributed by atoms with E-state index in [-0.39, 0.29) is 0 Å². The third-order valence-electron chi connectivity index (χ3n) is 3.19. The van der Waals surface area contributed by atoms with Gasteiger partial charge in [0.25, 0.3) is 0 Å². The van der Waals surface area contributed by atoms with E-state index in [0.717, 1.165) is 26.1 Å². The molecule has 0 aliphatic heterocycles. The molecule has 0 aromatic rings. The summed E-state index contributed by atoms with van der Waals surface area (Å²) in [5.41, 5.74) is 0. The van der Waals surface area contributed by atoms with Gasteiger partial charge >= 0.3 is 0 Å². The van der Waals surface area contributed by atoms with Gasteiger partial charge in [-0.05, 0) is 31.0 Å². The van der Waals surface area contributed by atoms with E-state index >= 15 is 0 Å². The van der Waals surface area contributed by atoms with Gasteiger partial charge in [-0.15, -0.1) is 6.58 Å². The smallest absolute Gasteiger partial charge is 0.191 e. The Balaban J connectivity index is 3.55. The van der Waals surface area contributed by atoms with Crippen LogP contribution in [0.5, 0.6) is 0 Å². The molecule has 0 bridgehead atoms. The third kappa shape index (κ3) is 6.46. The molecule has 0 saturated carbocycles. The van der Waals surface area contributed by atoms with Crippen molar-refractivity contribution in [3.8, 4) is 0 Å². The Morgan fingerprint density at radius 2 is 1.69 bits per heavy atom. The maximum atomic E-state index is 6.06. The van der Waals surface area contributed by atoms with Crippen molar-refractivity contribution in [2.75, 3.05) is 19.8 Å². The summed E-state index contributed by atoms with van der Waals surface area (Å²) in [4.78, 5) is 0. The minimum atomic E-state index is -1.54. The van der Waals surface area contributed by atoms with Crippen LogP contribution in [0.4, 0.5) is 0 Å². The van der Waals surface area contributed by atoms with Crippen LogP contribution in [-0.4, -0.2) is 28.1 Å². The summed E-state index contributed by atoms with van der Waals surface area (Å²) in [7, 11) is -1.54. The topological polar surface area (TPSA) is 18.5 Å². The van der Waals surface area contributed by atoms with Crippen molar-refractivity contribution in [2.24, 2.45) is 0 Å². The molecule has 0 aliphatic rings. The van der Waals surface area contributed by atoms with Gasteiger partial charge in [-0.1, -0.05) is 26.8 Å². The normalized spacial score (nSPS) is 12.8. The second-order valence-electron chi connectivity index (χ2n) is 5.68. The van der Waals surface area contributed by atoms with Gasteiger partial charge in [-0.25, -0.2) is 0 Å². The molecule has 3 heteroatoms. The lowest BCUT2D eigenvalue weighted by molar-refractivity contribution is 0.151. The van der Waals surface area contributed by atoms with Crippen molar-refractivity contribution in [1.29, 1.82) is 0 Å². The fourth-order valence-corrected chi connectivity index (χ4v) is 2.10. The molecule has 0 amide bonds. The highest BCUT2D eigenvalue weighted by atomic mass is 28.4. The maximum Gasteiger partial charge on any atom is 0.191 e. The van der Waals surface area contributed by atoms with Crippen LogP contribution >= 0.6 is 0 Å². The van der Waals surface area contributed by atoms with Gasteiger partial charge < -0.3 is 9.16 Å². The van der Waals surface area contributed by atoms with Gasteiger partial charge in [0, 0.05) is 13.2 Å². The largest absolute Gasteiger partial charge is 0.417 e. The third-order valence-corrected chi connectivity index (χ3v) is 7.73. The van der Waals surface area contributed by atoms with Gasteiger partial charge in [0.15, 0.2) is 8.32 Å². The van der Waals surface area contributed by atoms with Crippen LogP contribution in [0.2, 0.25) is 18.1 Å². The highest BCUT2D eigenvalue weighted by Gasteiger charge is 2.36. The number of rotatable bonds is 8. The summed E-state index contributed by atoms with van der Waals surface area (Å²) >= 11 is 0. The predicted molar refractivity (Wildman–Crippen MR) is 73.4 cm³/mol. The Hall–Kier alpha value is -0.123. The van der Waals surface area contributed by atoms with Gasteiger partial charge in [-0.2, -0.15) is 0 Å². The summed E-state index contributed by atoms with van der Waals surface area (Å²) in [6.45, 7) is 17.3. The lowest BCUT2D eigenvalue weighted by Crippen LogP contribution is -2.40. The first-order chi connectivity index (χ1) is 7.31. The van der Waals surface area contributed by atoms with E-state index in [9.17, 15) is 0 Å². The zero-order chi connectivity index (χ0) is 12.7. The standard InChI is InChI=1S/C13H28O2Si/c1-7-10-14-11-8-9-12-15-16(5,6)13(2,3)4/h7H,1,8-12H2,2-6H3. The van der Waals surface area contributed by atoms with Crippen LogP contribution in [0, 0.1) is 0 Å². The molecule has 0 radical (unpaired) electrons. The molecule has 2 nitrogen and oxygen atoms in total. The number of ether oxygens (including phenoxy) is 1. The second kappa shape index (κ2) is 7.25. The van der Waals surface area contributed by atoms with Gasteiger partial charge in [0.05, 0.1) is 6.61 Å². The van der Waals surface area contributed by atoms with Crippen LogP contribution in [0.25, 0.3) is 0 Å². The Labute approximate surface area is 102 Å². The monoisotopic (exact) mass is 244 g/mol. The molecular weight excluding hydrogens is 216 g/mol. The molecule has 0 fully saturated rings. The zero-order valence-electron chi connectivity index (χ0n) is 11.6. The Kier molecular flexibility index (Phi) is 7.20. The van der Waals surface area contributed by atoms with E-state index in [0.29, 0.717) is 11.6 Å². The molecule has 0 saturated heterocycles. The van der Waals surface area contributed by atoms with Gasteiger partial charge in [0.2, 0.25) is 0 Å². The fourth-order valence-electron chi connectivity index (χ4n) is 1.02. The van der Waals surface area contributed by atoms with E-state index in [1.165, 1.54) is 0 Å². The van der Waals surface area contributed by atoms with Crippen molar-refractivity contribution < 1.29 is 9.16 Å². The van der Waals surface area contributed by atoms with Crippen molar-refractivity contribution in [3.05, 3.63) is 12.7 Å². The van der Waals surface area contributed by atoms with Gasteiger partial charge in [0.1, 0.15) is 0 Å². The Morgan fingerprint density at radius 1 is 1.12 bits per heavy atom. The van der Waals surface area contributed by atoms with E-state index in [2.05, 4.69) is 40.4 Å². The number of hydrogen-bond acceptors (Lipinski definition) is 2. The number of hydrogen-bond donors (Lipinski definition) is 0. The molecule has 0 spiro atoms. The average molecular weight is 244 g/mol. The Morgan fingerprint density at radius 3 is 2.19 bits per heavy atom. The van der Waals surface area contributed by atoms with E-state index in [4.69, 9.17) is 9.16 Å².